The van der Waals surface area contributed by atoms with E-state index in [2.05, 4.69) is 26.3 Å². The van der Waals surface area contributed by atoms with E-state index >= 15 is 0 Å². The fraction of sp³-hybridized carbons (Fsp3) is 0.357. The number of carbonyl (C=O) groups excluding carboxylic acids is 1. The van der Waals surface area contributed by atoms with Crippen LogP contribution in [0.4, 0.5) is 0 Å². The van der Waals surface area contributed by atoms with E-state index in [4.69, 9.17) is 0 Å². The maximum Gasteiger partial charge on any atom is 0.271 e. The number of amides is 1. The molecular formula is C14H16BrN3O2S. The lowest BCUT2D eigenvalue weighted by Crippen LogP contribution is -2.30. The van der Waals surface area contributed by atoms with Gasteiger partial charge in [0.05, 0.1) is 3.79 Å². The molecule has 112 valence electrons. The molecule has 1 N–H and O–H groups in total. The molecule has 0 atom stereocenters. The van der Waals surface area contributed by atoms with Crippen molar-refractivity contribution in [1.29, 1.82) is 0 Å². The van der Waals surface area contributed by atoms with Crippen LogP contribution in [-0.4, -0.2) is 22.2 Å². The second-order valence-electron chi connectivity index (χ2n) is 4.49. The molecule has 0 unspecified atom stereocenters. The molecule has 5 nitrogen and oxygen atoms in total. The number of aromatic nitrogens is 2. The molecular weight excluding hydrogens is 354 g/mol. The van der Waals surface area contributed by atoms with Crippen LogP contribution < -0.4 is 10.9 Å². The summed E-state index contributed by atoms with van der Waals surface area (Å²) in [6.45, 7) is 3.02. The van der Waals surface area contributed by atoms with E-state index in [1.54, 1.807) is 11.3 Å². The maximum absolute atomic E-state index is 12.0. The van der Waals surface area contributed by atoms with Crippen molar-refractivity contribution in [1.82, 2.24) is 15.1 Å². The predicted octanol–water partition coefficient (Wildman–Crippen LogP) is 2.45. The van der Waals surface area contributed by atoms with Crippen LogP contribution in [0.1, 0.15) is 28.7 Å². The number of carbonyl (C=O) groups is 1. The first-order valence-corrected chi connectivity index (χ1v) is 8.31. The van der Waals surface area contributed by atoms with Gasteiger partial charge in [-0.15, -0.1) is 11.3 Å². The molecule has 0 radical (unpaired) electrons. The van der Waals surface area contributed by atoms with Crippen LogP contribution in [-0.2, 0) is 13.0 Å². The van der Waals surface area contributed by atoms with Crippen molar-refractivity contribution in [3.05, 3.63) is 49.0 Å². The van der Waals surface area contributed by atoms with Gasteiger partial charge in [-0.25, -0.2) is 4.68 Å². The van der Waals surface area contributed by atoms with Crippen LogP contribution in [0.2, 0.25) is 0 Å². The second-order valence-corrected chi connectivity index (χ2v) is 7.04. The molecule has 0 bridgehead atoms. The highest BCUT2D eigenvalue weighted by Crippen LogP contribution is 2.22. The summed E-state index contributed by atoms with van der Waals surface area (Å²) >= 11 is 5.06. The van der Waals surface area contributed by atoms with Crippen molar-refractivity contribution < 1.29 is 4.79 Å². The summed E-state index contributed by atoms with van der Waals surface area (Å²) in [6.07, 6.45) is 1.57. The van der Waals surface area contributed by atoms with Crippen molar-refractivity contribution in [2.24, 2.45) is 0 Å². The molecule has 0 spiro atoms. The Labute approximate surface area is 135 Å². The molecule has 2 aromatic heterocycles. The Hall–Kier alpha value is -1.47. The zero-order chi connectivity index (χ0) is 15.2. The van der Waals surface area contributed by atoms with Gasteiger partial charge in [-0.2, -0.15) is 5.10 Å². The molecule has 0 saturated carbocycles. The van der Waals surface area contributed by atoms with Gasteiger partial charge in [0.2, 0.25) is 0 Å². The third kappa shape index (κ3) is 4.50. The average molecular weight is 370 g/mol. The minimum Gasteiger partial charge on any atom is -0.350 e. The first-order valence-electron chi connectivity index (χ1n) is 6.70. The lowest BCUT2D eigenvalue weighted by atomic mass is 10.3. The maximum atomic E-state index is 12.0. The Morgan fingerprint density at radius 2 is 2.19 bits per heavy atom. The van der Waals surface area contributed by atoms with E-state index in [1.165, 1.54) is 21.7 Å². The van der Waals surface area contributed by atoms with Crippen molar-refractivity contribution in [2.75, 3.05) is 6.54 Å². The molecule has 7 heteroatoms. The Kier molecular flexibility index (Phi) is 5.69. The van der Waals surface area contributed by atoms with Crippen LogP contribution in [0, 0.1) is 0 Å². The summed E-state index contributed by atoms with van der Waals surface area (Å²) in [5, 5.41) is 6.90. The number of hydrogen-bond acceptors (Lipinski definition) is 4. The van der Waals surface area contributed by atoms with Crippen LogP contribution in [0.15, 0.2) is 32.8 Å². The first-order chi connectivity index (χ1) is 10.1. The number of rotatable bonds is 6. The monoisotopic (exact) mass is 369 g/mol. The number of halogens is 1. The van der Waals surface area contributed by atoms with Crippen molar-refractivity contribution in [2.45, 2.75) is 26.3 Å². The summed E-state index contributed by atoms with van der Waals surface area (Å²) in [5.74, 6) is -0.254. The van der Waals surface area contributed by atoms with E-state index in [0.29, 0.717) is 13.1 Å². The molecule has 21 heavy (non-hydrogen) atoms. The van der Waals surface area contributed by atoms with Gasteiger partial charge in [-0.1, -0.05) is 6.92 Å². The molecule has 2 heterocycles. The topological polar surface area (TPSA) is 64.0 Å². The fourth-order valence-corrected chi connectivity index (χ4v) is 3.30. The highest BCUT2D eigenvalue weighted by atomic mass is 79.9. The lowest BCUT2D eigenvalue weighted by Gasteiger charge is -2.06. The zero-order valence-electron chi connectivity index (χ0n) is 11.6. The summed E-state index contributed by atoms with van der Waals surface area (Å²) in [5.41, 5.74) is 0.0900. The molecule has 0 aromatic carbocycles. The number of nitrogens with one attached hydrogen (secondary N) is 1. The Morgan fingerprint density at radius 1 is 1.38 bits per heavy atom. The van der Waals surface area contributed by atoms with Gasteiger partial charge >= 0.3 is 0 Å². The molecule has 0 aliphatic heterocycles. The Balaban J connectivity index is 1.93. The molecule has 2 aromatic rings. The van der Waals surface area contributed by atoms with Gasteiger partial charge in [-0.05, 0) is 47.0 Å². The van der Waals surface area contributed by atoms with E-state index in [-0.39, 0.29) is 17.2 Å². The largest absolute Gasteiger partial charge is 0.350 e. The quantitative estimate of drug-likeness (QED) is 0.850. The van der Waals surface area contributed by atoms with Gasteiger partial charge in [0.25, 0.3) is 11.5 Å². The SMILES string of the molecule is CCCn1nc(C(=O)NCCc2ccc(Br)s2)ccc1=O. The van der Waals surface area contributed by atoms with Gasteiger partial charge in [-0.3, -0.25) is 9.59 Å². The first kappa shape index (κ1) is 15.9. The fourth-order valence-electron chi connectivity index (χ4n) is 1.82. The van der Waals surface area contributed by atoms with Gasteiger partial charge < -0.3 is 5.32 Å². The van der Waals surface area contributed by atoms with Gasteiger partial charge in [0.1, 0.15) is 5.69 Å². The normalized spacial score (nSPS) is 10.6. The smallest absolute Gasteiger partial charge is 0.271 e. The minimum absolute atomic E-state index is 0.183. The van der Waals surface area contributed by atoms with E-state index in [1.807, 2.05) is 19.1 Å². The number of nitrogens with zero attached hydrogens (tertiary/aromatic N) is 2. The van der Waals surface area contributed by atoms with Crippen LogP contribution in [0.3, 0.4) is 0 Å². The standard InChI is InChI=1S/C14H16BrN3O2S/c1-2-9-18-13(19)6-4-11(17-18)14(20)16-8-7-10-3-5-12(15)21-10/h3-6H,2,7-9H2,1H3,(H,16,20). The molecule has 1 amide bonds. The summed E-state index contributed by atoms with van der Waals surface area (Å²) in [6, 6.07) is 6.87. The summed E-state index contributed by atoms with van der Waals surface area (Å²) in [4.78, 5) is 24.8. The van der Waals surface area contributed by atoms with Crippen LogP contribution in [0.25, 0.3) is 0 Å². The third-order valence-corrected chi connectivity index (χ3v) is 4.50. The Bertz CT molecular complexity index is 681. The minimum atomic E-state index is -0.254. The van der Waals surface area contributed by atoms with Crippen molar-refractivity contribution in [3.63, 3.8) is 0 Å². The molecule has 2 rings (SSSR count). The summed E-state index contributed by atoms with van der Waals surface area (Å²) < 4.78 is 2.41. The average Bonchev–Trinajstić information content (AvgIpc) is 2.87. The van der Waals surface area contributed by atoms with E-state index in [0.717, 1.165) is 16.6 Å². The lowest BCUT2D eigenvalue weighted by molar-refractivity contribution is 0.0946. The predicted molar refractivity (Wildman–Crippen MR) is 86.8 cm³/mol. The Morgan fingerprint density at radius 3 is 2.86 bits per heavy atom. The zero-order valence-corrected chi connectivity index (χ0v) is 14.0. The van der Waals surface area contributed by atoms with E-state index in [9.17, 15) is 9.59 Å². The summed E-state index contributed by atoms with van der Waals surface area (Å²) in [7, 11) is 0. The van der Waals surface area contributed by atoms with Crippen LogP contribution in [0.5, 0.6) is 0 Å². The second kappa shape index (κ2) is 7.51. The number of aryl methyl sites for hydroxylation is 1. The van der Waals surface area contributed by atoms with Gasteiger partial charge in [0.15, 0.2) is 0 Å². The molecule has 0 saturated heterocycles. The highest BCUT2D eigenvalue weighted by molar-refractivity contribution is 9.11. The van der Waals surface area contributed by atoms with E-state index < -0.39 is 0 Å². The third-order valence-electron chi connectivity index (χ3n) is 2.82. The molecule has 0 aliphatic rings. The van der Waals surface area contributed by atoms with Gasteiger partial charge in [0, 0.05) is 24.0 Å². The van der Waals surface area contributed by atoms with Crippen LogP contribution >= 0.6 is 27.3 Å². The number of thiophene rings is 1. The molecule has 0 aliphatic carbocycles. The van der Waals surface area contributed by atoms with Crippen molar-refractivity contribution >= 4 is 33.2 Å². The molecule has 0 fully saturated rings. The van der Waals surface area contributed by atoms with Crippen molar-refractivity contribution in [3.8, 4) is 0 Å². The number of hydrogen-bond donors (Lipinski definition) is 1. The highest BCUT2D eigenvalue weighted by Gasteiger charge is 2.09.